The summed E-state index contributed by atoms with van der Waals surface area (Å²) in [6.07, 6.45) is 3.74. The van der Waals surface area contributed by atoms with Crippen LogP contribution in [0.3, 0.4) is 0 Å². The minimum atomic E-state index is 0.263. The first-order valence-electron chi connectivity index (χ1n) is 4.37. The Hall–Kier alpha value is 0.310. The minimum Gasteiger partial charge on any atom is -0.386 e. The molecule has 1 atom stereocenters. The average molecular weight is 176 g/mol. The van der Waals surface area contributed by atoms with E-state index < -0.39 is 0 Å². The molecule has 2 heteroatoms. The maximum absolute atomic E-state index is 8.66. The van der Waals surface area contributed by atoms with Crippen molar-refractivity contribution in [2.24, 2.45) is 5.41 Å². The summed E-state index contributed by atoms with van der Waals surface area (Å²) in [5.74, 6) is 1.35. The van der Waals surface area contributed by atoms with Crippen molar-refractivity contribution in [1.82, 2.24) is 0 Å². The van der Waals surface area contributed by atoms with Gasteiger partial charge in [0.25, 0.3) is 0 Å². The van der Waals surface area contributed by atoms with Crippen molar-refractivity contribution in [2.45, 2.75) is 40.0 Å². The number of hydrogen-bond donors (Lipinski definition) is 1. The van der Waals surface area contributed by atoms with Gasteiger partial charge in [0.15, 0.2) is 0 Å². The van der Waals surface area contributed by atoms with Crippen molar-refractivity contribution in [3.8, 4) is 0 Å². The van der Waals surface area contributed by atoms with E-state index in [9.17, 15) is 0 Å². The van der Waals surface area contributed by atoms with Gasteiger partial charge in [-0.15, -0.1) is 11.8 Å². The Labute approximate surface area is 74.6 Å². The van der Waals surface area contributed by atoms with Crippen molar-refractivity contribution in [3.63, 3.8) is 0 Å². The van der Waals surface area contributed by atoms with Crippen molar-refractivity contribution >= 4 is 11.8 Å². The smallest absolute Gasteiger partial charge is 0.0886 e. The highest BCUT2D eigenvalue weighted by Crippen LogP contribution is 2.30. The molecule has 0 aromatic rings. The van der Waals surface area contributed by atoms with Crippen molar-refractivity contribution in [3.05, 3.63) is 0 Å². The molecule has 1 nitrogen and oxygen atoms in total. The number of aliphatic hydroxyl groups excluding tert-OH is 1. The molecule has 0 rings (SSSR count). The summed E-state index contributed by atoms with van der Waals surface area (Å²) in [6.45, 7) is 6.75. The molecule has 0 aliphatic carbocycles. The van der Waals surface area contributed by atoms with Crippen LogP contribution >= 0.6 is 11.8 Å². The first-order valence-corrected chi connectivity index (χ1v) is 5.52. The molecule has 0 fully saturated rings. The lowest BCUT2D eigenvalue weighted by Crippen LogP contribution is -2.18. The van der Waals surface area contributed by atoms with Crippen LogP contribution in [0.1, 0.15) is 40.0 Å². The molecule has 68 valence electrons. The first kappa shape index (κ1) is 11.3. The van der Waals surface area contributed by atoms with Gasteiger partial charge in [0.05, 0.1) is 5.94 Å². The molecule has 0 aromatic heterocycles. The Morgan fingerprint density at radius 2 is 2.00 bits per heavy atom. The molecule has 0 saturated heterocycles. The highest BCUT2D eigenvalue weighted by molar-refractivity contribution is 7.99. The Kier molecular flexibility index (Phi) is 6.06. The Balaban J connectivity index is 3.68. The predicted octanol–water partition coefficient (Wildman–Crippen LogP) is 2.89. The number of hydrogen-bond acceptors (Lipinski definition) is 2. The average Bonchev–Trinajstić information content (AvgIpc) is 2.02. The van der Waals surface area contributed by atoms with Crippen LogP contribution in [0.25, 0.3) is 0 Å². The SMILES string of the molecule is CCCC(C)(CC)CSCO. The van der Waals surface area contributed by atoms with Crippen LogP contribution in [0.2, 0.25) is 0 Å². The summed E-state index contributed by atoms with van der Waals surface area (Å²) in [5.41, 5.74) is 0.447. The molecule has 11 heavy (non-hydrogen) atoms. The molecule has 1 N–H and O–H groups in total. The molecular weight excluding hydrogens is 156 g/mol. The maximum Gasteiger partial charge on any atom is 0.0886 e. The summed E-state index contributed by atoms with van der Waals surface area (Å²) in [5, 5.41) is 8.66. The second-order valence-corrected chi connectivity index (χ2v) is 4.35. The predicted molar refractivity (Wildman–Crippen MR) is 52.8 cm³/mol. The van der Waals surface area contributed by atoms with Crippen LogP contribution in [0, 0.1) is 5.41 Å². The van der Waals surface area contributed by atoms with Gasteiger partial charge in [0.2, 0.25) is 0 Å². The molecule has 0 bridgehead atoms. The van der Waals surface area contributed by atoms with E-state index in [1.54, 1.807) is 11.8 Å². The van der Waals surface area contributed by atoms with Crippen LogP contribution in [0.15, 0.2) is 0 Å². The molecule has 0 aliphatic heterocycles. The number of aliphatic hydroxyl groups is 1. The zero-order valence-corrected chi connectivity index (χ0v) is 8.71. The molecular formula is C9H20OS. The molecule has 0 amide bonds. The first-order chi connectivity index (χ1) is 5.18. The summed E-state index contributed by atoms with van der Waals surface area (Å²) in [4.78, 5) is 0. The van der Waals surface area contributed by atoms with Gasteiger partial charge in [-0.2, -0.15) is 0 Å². The second-order valence-electron chi connectivity index (χ2n) is 3.39. The van der Waals surface area contributed by atoms with Crippen LogP contribution in [-0.4, -0.2) is 16.8 Å². The summed E-state index contributed by atoms with van der Waals surface area (Å²) >= 11 is 1.64. The maximum atomic E-state index is 8.66. The normalized spacial score (nSPS) is 16.4. The number of thioether (sulfide) groups is 1. The Morgan fingerprint density at radius 1 is 1.36 bits per heavy atom. The van der Waals surface area contributed by atoms with E-state index in [4.69, 9.17) is 5.11 Å². The lowest BCUT2D eigenvalue weighted by Gasteiger charge is -2.26. The van der Waals surface area contributed by atoms with Gasteiger partial charge in [-0.1, -0.05) is 27.2 Å². The standard InChI is InChI=1S/C9H20OS/c1-4-6-9(3,5-2)7-11-8-10/h10H,4-8H2,1-3H3. The lowest BCUT2D eigenvalue weighted by atomic mass is 9.85. The third kappa shape index (κ3) is 4.70. The third-order valence-corrected chi connectivity index (χ3v) is 3.33. The molecule has 0 aromatic carbocycles. The molecule has 0 spiro atoms. The molecule has 0 aliphatic rings. The van der Waals surface area contributed by atoms with E-state index in [1.807, 2.05) is 0 Å². The van der Waals surface area contributed by atoms with E-state index in [-0.39, 0.29) is 5.94 Å². The summed E-state index contributed by atoms with van der Waals surface area (Å²) in [7, 11) is 0. The van der Waals surface area contributed by atoms with Crippen molar-refractivity contribution in [2.75, 3.05) is 11.7 Å². The van der Waals surface area contributed by atoms with E-state index in [0.29, 0.717) is 5.41 Å². The van der Waals surface area contributed by atoms with Gasteiger partial charge in [-0.3, -0.25) is 0 Å². The van der Waals surface area contributed by atoms with Gasteiger partial charge in [-0.05, 0) is 18.3 Å². The van der Waals surface area contributed by atoms with Crippen molar-refractivity contribution in [1.29, 1.82) is 0 Å². The fourth-order valence-corrected chi connectivity index (χ4v) is 2.18. The quantitative estimate of drug-likeness (QED) is 0.628. The molecule has 0 radical (unpaired) electrons. The van der Waals surface area contributed by atoms with Crippen LogP contribution in [0.4, 0.5) is 0 Å². The van der Waals surface area contributed by atoms with Crippen LogP contribution in [-0.2, 0) is 0 Å². The van der Waals surface area contributed by atoms with E-state index in [2.05, 4.69) is 20.8 Å². The van der Waals surface area contributed by atoms with Gasteiger partial charge >= 0.3 is 0 Å². The fraction of sp³-hybridized carbons (Fsp3) is 1.00. The third-order valence-electron chi connectivity index (χ3n) is 2.25. The minimum absolute atomic E-state index is 0.263. The molecule has 1 unspecified atom stereocenters. The fourth-order valence-electron chi connectivity index (χ4n) is 1.25. The van der Waals surface area contributed by atoms with Crippen molar-refractivity contribution < 1.29 is 5.11 Å². The van der Waals surface area contributed by atoms with Crippen LogP contribution in [0.5, 0.6) is 0 Å². The zero-order valence-electron chi connectivity index (χ0n) is 7.89. The monoisotopic (exact) mass is 176 g/mol. The van der Waals surface area contributed by atoms with E-state index in [0.717, 1.165) is 5.75 Å². The summed E-state index contributed by atoms with van der Waals surface area (Å²) < 4.78 is 0. The van der Waals surface area contributed by atoms with Gasteiger partial charge in [0, 0.05) is 5.75 Å². The van der Waals surface area contributed by atoms with Gasteiger partial charge in [-0.25, -0.2) is 0 Å². The highest BCUT2D eigenvalue weighted by atomic mass is 32.2. The number of rotatable bonds is 6. The van der Waals surface area contributed by atoms with E-state index in [1.165, 1.54) is 19.3 Å². The topological polar surface area (TPSA) is 20.2 Å². The summed E-state index contributed by atoms with van der Waals surface area (Å²) in [6, 6.07) is 0. The Bertz CT molecular complexity index is 95.6. The zero-order chi connectivity index (χ0) is 8.74. The van der Waals surface area contributed by atoms with Crippen LogP contribution < -0.4 is 0 Å². The largest absolute Gasteiger partial charge is 0.386 e. The molecule has 0 heterocycles. The second kappa shape index (κ2) is 5.90. The molecule has 0 saturated carbocycles. The van der Waals surface area contributed by atoms with Gasteiger partial charge in [0.1, 0.15) is 0 Å². The van der Waals surface area contributed by atoms with E-state index >= 15 is 0 Å². The lowest BCUT2D eigenvalue weighted by molar-refractivity contribution is 0.323. The highest BCUT2D eigenvalue weighted by Gasteiger charge is 2.20. The van der Waals surface area contributed by atoms with Gasteiger partial charge < -0.3 is 5.11 Å². The Morgan fingerprint density at radius 3 is 2.36 bits per heavy atom.